The lowest BCUT2D eigenvalue weighted by molar-refractivity contribution is 0.0628. The van der Waals surface area contributed by atoms with E-state index in [1.165, 1.54) is 6.20 Å². The molecule has 1 N–H and O–H groups in total. The highest BCUT2D eigenvalue weighted by atomic mass is 16.5. The van der Waals surface area contributed by atoms with Gasteiger partial charge in [0.1, 0.15) is 11.5 Å². The van der Waals surface area contributed by atoms with Gasteiger partial charge in [0.25, 0.3) is 5.91 Å². The van der Waals surface area contributed by atoms with Crippen molar-refractivity contribution in [3.63, 3.8) is 0 Å². The first-order valence-corrected chi connectivity index (χ1v) is 6.96. The van der Waals surface area contributed by atoms with Crippen molar-refractivity contribution in [1.29, 1.82) is 0 Å². The summed E-state index contributed by atoms with van der Waals surface area (Å²) in [7, 11) is 1.62. The summed E-state index contributed by atoms with van der Waals surface area (Å²) in [5, 5.41) is 3.13. The lowest BCUT2D eigenvalue weighted by Crippen LogP contribution is -2.39. The van der Waals surface area contributed by atoms with Crippen LogP contribution in [0.5, 0.6) is 0 Å². The fourth-order valence-electron chi connectivity index (χ4n) is 1.71. The van der Waals surface area contributed by atoms with Crippen molar-refractivity contribution in [2.45, 2.75) is 33.2 Å². The number of amides is 1. The molecular weight excluding hydrogens is 256 g/mol. The van der Waals surface area contributed by atoms with Gasteiger partial charge in [-0.3, -0.25) is 4.79 Å². The van der Waals surface area contributed by atoms with Crippen molar-refractivity contribution in [1.82, 2.24) is 14.9 Å². The Morgan fingerprint density at radius 1 is 1.40 bits per heavy atom. The number of carbonyl (C=O) groups excluding carboxylic acids is 1. The summed E-state index contributed by atoms with van der Waals surface area (Å²) in [6.07, 6.45) is 4.13. The molecule has 1 heterocycles. The molecule has 1 aromatic rings. The van der Waals surface area contributed by atoms with E-state index in [0.717, 1.165) is 13.0 Å². The number of ether oxygens (including phenoxy) is 1. The first-order valence-electron chi connectivity index (χ1n) is 6.96. The van der Waals surface area contributed by atoms with Gasteiger partial charge in [-0.25, -0.2) is 9.97 Å². The van der Waals surface area contributed by atoms with Gasteiger partial charge >= 0.3 is 0 Å². The molecule has 0 aromatic carbocycles. The fourth-order valence-corrected chi connectivity index (χ4v) is 1.71. The molecule has 0 unspecified atom stereocenters. The number of carbonyl (C=O) groups is 1. The van der Waals surface area contributed by atoms with Crippen molar-refractivity contribution in [2.24, 2.45) is 0 Å². The first kappa shape index (κ1) is 16.4. The first-order chi connectivity index (χ1) is 9.60. The van der Waals surface area contributed by atoms with Gasteiger partial charge in [0.2, 0.25) is 0 Å². The average Bonchev–Trinajstić information content (AvgIpc) is 2.45. The molecule has 0 atom stereocenters. The van der Waals surface area contributed by atoms with Crippen LogP contribution in [0.2, 0.25) is 0 Å². The molecule has 0 radical (unpaired) electrons. The van der Waals surface area contributed by atoms with Gasteiger partial charge in [-0.15, -0.1) is 0 Å². The van der Waals surface area contributed by atoms with Crippen LogP contribution in [0.25, 0.3) is 0 Å². The van der Waals surface area contributed by atoms with E-state index in [0.29, 0.717) is 24.7 Å². The Morgan fingerprint density at radius 2 is 2.15 bits per heavy atom. The lowest BCUT2D eigenvalue weighted by atomic mass is 10.2. The van der Waals surface area contributed by atoms with Gasteiger partial charge in [0.05, 0.1) is 19.0 Å². The Balaban J connectivity index is 2.73. The summed E-state index contributed by atoms with van der Waals surface area (Å²) in [5.41, 5.74) is 0.358. The van der Waals surface area contributed by atoms with Gasteiger partial charge in [0.15, 0.2) is 0 Å². The summed E-state index contributed by atoms with van der Waals surface area (Å²) >= 11 is 0. The number of methoxy groups -OCH3 is 1. The molecule has 6 nitrogen and oxygen atoms in total. The Bertz CT molecular complexity index is 406. The quantitative estimate of drug-likeness (QED) is 0.786. The van der Waals surface area contributed by atoms with Crippen LogP contribution in [-0.4, -0.2) is 53.6 Å². The number of aromatic nitrogens is 2. The lowest BCUT2D eigenvalue weighted by Gasteiger charge is -2.25. The van der Waals surface area contributed by atoms with Crippen molar-refractivity contribution in [3.05, 3.63) is 18.1 Å². The number of anilines is 1. The maximum absolute atomic E-state index is 12.4. The molecule has 0 saturated carbocycles. The Morgan fingerprint density at radius 3 is 2.65 bits per heavy atom. The molecule has 20 heavy (non-hydrogen) atoms. The highest BCUT2D eigenvalue weighted by Crippen LogP contribution is 2.07. The zero-order chi connectivity index (χ0) is 15.0. The number of rotatable bonds is 8. The van der Waals surface area contributed by atoms with Crippen LogP contribution in [0, 0.1) is 0 Å². The Labute approximate surface area is 120 Å². The fraction of sp³-hybridized carbons (Fsp3) is 0.643. The van der Waals surface area contributed by atoms with Crippen LogP contribution < -0.4 is 5.32 Å². The minimum atomic E-state index is -0.119. The number of hydrogen-bond donors (Lipinski definition) is 1. The summed E-state index contributed by atoms with van der Waals surface area (Å²) < 4.78 is 5.03. The molecule has 1 rings (SSSR count). The van der Waals surface area contributed by atoms with E-state index >= 15 is 0 Å². The molecule has 0 aliphatic carbocycles. The summed E-state index contributed by atoms with van der Waals surface area (Å²) in [6, 6.07) is 0.0948. The Hall–Kier alpha value is -1.69. The second kappa shape index (κ2) is 8.47. The highest BCUT2D eigenvalue weighted by molar-refractivity contribution is 5.92. The smallest absolute Gasteiger partial charge is 0.274 e. The van der Waals surface area contributed by atoms with Crippen LogP contribution in [0.3, 0.4) is 0 Å². The molecule has 0 aliphatic heterocycles. The van der Waals surface area contributed by atoms with Crippen molar-refractivity contribution in [3.8, 4) is 0 Å². The maximum atomic E-state index is 12.4. The van der Waals surface area contributed by atoms with Crippen molar-refractivity contribution < 1.29 is 9.53 Å². The summed E-state index contributed by atoms with van der Waals surface area (Å²) in [6.45, 7) is 7.91. The number of hydrogen-bond acceptors (Lipinski definition) is 5. The molecule has 0 fully saturated rings. The van der Waals surface area contributed by atoms with Gasteiger partial charge < -0.3 is 15.0 Å². The van der Waals surface area contributed by atoms with E-state index in [1.807, 2.05) is 13.8 Å². The van der Waals surface area contributed by atoms with Gasteiger partial charge in [0, 0.05) is 26.2 Å². The predicted molar refractivity (Wildman–Crippen MR) is 78.9 cm³/mol. The molecule has 0 saturated heterocycles. The minimum absolute atomic E-state index is 0.0948. The van der Waals surface area contributed by atoms with Crippen molar-refractivity contribution >= 4 is 11.7 Å². The van der Waals surface area contributed by atoms with Gasteiger partial charge in [-0.2, -0.15) is 0 Å². The third-order valence-corrected chi connectivity index (χ3v) is 2.85. The van der Waals surface area contributed by atoms with Crippen LogP contribution in [0.15, 0.2) is 12.4 Å². The SMILES string of the molecule is CCCNc1cnc(C(=O)N(CCOC)C(C)C)cn1. The molecule has 0 bridgehead atoms. The molecule has 1 aromatic heterocycles. The van der Waals surface area contributed by atoms with E-state index in [1.54, 1.807) is 18.2 Å². The standard InChI is InChI=1S/C14H24N4O2/c1-5-6-15-13-10-16-12(9-17-13)14(19)18(11(2)3)7-8-20-4/h9-11H,5-8H2,1-4H3,(H,15,17). The zero-order valence-electron chi connectivity index (χ0n) is 12.7. The van der Waals surface area contributed by atoms with Crippen LogP contribution in [-0.2, 0) is 4.74 Å². The van der Waals surface area contributed by atoms with Crippen molar-refractivity contribution in [2.75, 3.05) is 32.1 Å². The summed E-state index contributed by atoms with van der Waals surface area (Å²) in [4.78, 5) is 22.5. The van der Waals surface area contributed by atoms with Crippen LogP contribution in [0.1, 0.15) is 37.7 Å². The largest absolute Gasteiger partial charge is 0.383 e. The third kappa shape index (κ3) is 4.77. The van der Waals surface area contributed by atoms with E-state index < -0.39 is 0 Å². The highest BCUT2D eigenvalue weighted by Gasteiger charge is 2.19. The minimum Gasteiger partial charge on any atom is -0.383 e. The molecule has 6 heteroatoms. The zero-order valence-corrected chi connectivity index (χ0v) is 12.7. The molecule has 0 aliphatic rings. The molecule has 112 valence electrons. The average molecular weight is 280 g/mol. The van der Waals surface area contributed by atoms with Crippen LogP contribution in [0.4, 0.5) is 5.82 Å². The molecule has 0 spiro atoms. The monoisotopic (exact) mass is 280 g/mol. The topological polar surface area (TPSA) is 67.4 Å². The summed E-state index contributed by atoms with van der Waals surface area (Å²) in [5.74, 6) is 0.572. The van der Waals surface area contributed by atoms with Gasteiger partial charge in [-0.1, -0.05) is 6.92 Å². The number of nitrogens with one attached hydrogen (secondary N) is 1. The number of nitrogens with zero attached hydrogens (tertiary/aromatic N) is 3. The predicted octanol–water partition coefficient (Wildman–Crippen LogP) is 1.80. The molecular formula is C14H24N4O2. The van der Waals surface area contributed by atoms with Crippen LogP contribution >= 0.6 is 0 Å². The third-order valence-electron chi connectivity index (χ3n) is 2.85. The second-order valence-electron chi connectivity index (χ2n) is 4.80. The normalized spacial score (nSPS) is 10.7. The Kier molecular flexibility index (Phi) is 6.93. The van der Waals surface area contributed by atoms with E-state index in [4.69, 9.17) is 4.74 Å². The maximum Gasteiger partial charge on any atom is 0.274 e. The van der Waals surface area contributed by atoms with E-state index in [9.17, 15) is 4.79 Å². The van der Waals surface area contributed by atoms with E-state index in [2.05, 4.69) is 22.2 Å². The van der Waals surface area contributed by atoms with E-state index in [-0.39, 0.29) is 11.9 Å². The molecule has 1 amide bonds. The second-order valence-corrected chi connectivity index (χ2v) is 4.80. The van der Waals surface area contributed by atoms with Gasteiger partial charge in [-0.05, 0) is 20.3 Å².